The molecule has 5 aliphatic rings. The molecule has 3 saturated carbocycles. The summed E-state index contributed by atoms with van der Waals surface area (Å²) in [6.45, 7) is 11.6. The molecular formula is C25H40N2O2. The highest BCUT2D eigenvalue weighted by Gasteiger charge is 2.60. The van der Waals surface area contributed by atoms with E-state index in [-0.39, 0.29) is 28.5 Å². The van der Waals surface area contributed by atoms with Gasteiger partial charge < -0.3 is 15.3 Å². The molecular weight excluding hydrogens is 360 g/mol. The molecule has 0 aromatic carbocycles. The lowest BCUT2D eigenvalue weighted by Gasteiger charge is -2.60. The van der Waals surface area contributed by atoms with Crippen LogP contribution in [0.5, 0.6) is 0 Å². The maximum absolute atomic E-state index is 10.7. The smallest absolute Gasteiger partial charge is 0.141 e. The summed E-state index contributed by atoms with van der Waals surface area (Å²) in [6.07, 6.45) is 11.9. The van der Waals surface area contributed by atoms with Gasteiger partial charge in [0.1, 0.15) is 6.10 Å². The molecule has 4 aliphatic carbocycles. The normalized spacial score (nSPS) is 49.9. The number of hydrogen-bond acceptors (Lipinski definition) is 4. The molecule has 0 bridgehead atoms. The number of hydrogen-bond donors (Lipinski definition) is 2. The zero-order chi connectivity index (χ0) is 20.4. The van der Waals surface area contributed by atoms with E-state index in [1.54, 1.807) is 5.57 Å². The minimum Gasteiger partial charge on any atom is -0.393 e. The van der Waals surface area contributed by atoms with Crippen LogP contribution in [-0.2, 0) is 4.84 Å². The van der Waals surface area contributed by atoms with Crippen molar-refractivity contribution in [3.63, 3.8) is 0 Å². The number of oxime groups is 1. The molecule has 4 fully saturated rings. The predicted octanol–water partition coefficient (Wildman–Crippen LogP) is 4.68. The molecule has 162 valence electrons. The summed E-state index contributed by atoms with van der Waals surface area (Å²) in [5.74, 6) is 2.20. The Bertz CT molecular complexity index is 722. The van der Waals surface area contributed by atoms with Gasteiger partial charge >= 0.3 is 0 Å². The number of fused-ring (bicyclic) bond motifs is 5. The third kappa shape index (κ3) is 2.88. The van der Waals surface area contributed by atoms with E-state index in [9.17, 15) is 5.11 Å². The van der Waals surface area contributed by atoms with Crippen LogP contribution in [0.2, 0.25) is 0 Å². The van der Waals surface area contributed by atoms with Gasteiger partial charge in [-0.05, 0) is 80.1 Å². The van der Waals surface area contributed by atoms with E-state index in [1.165, 1.54) is 37.8 Å². The van der Waals surface area contributed by atoms with E-state index >= 15 is 0 Å². The second kappa shape index (κ2) is 6.82. The first-order valence-corrected chi connectivity index (χ1v) is 12.1. The minimum atomic E-state index is -0.0876. The molecule has 4 heteroatoms. The lowest BCUT2D eigenvalue weighted by molar-refractivity contribution is -0.0671. The van der Waals surface area contributed by atoms with Crippen molar-refractivity contribution >= 4 is 5.71 Å². The van der Waals surface area contributed by atoms with Gasteiger partial charge in [0.15, 0.2) is 0 Å². The van der Waals surface area contributed by atoms with Crippen molar-refractivity contribution in [3.05, 3.63) is 11.6 Å². The molecule has 0 aromatic rings. The Morgan fingerprint density at radius 2 is 1.90 bits per heavy atom. The molecule has 2 N–H and O–H groups in total. The molecule has 1 aliphatic heterocycles. The van der Waals surface area contributed by atoms with E-state index in [0.717, 1.165) is 44.2 Å². The summed E-state index contributed by atoms with van der Waals surface area (Å²) in [5, 5.41) is 18.8. The average molecular weight is 401 g/mol. The van der Waals surface area contributed by atoms with Gasteiger partial charge in [-0.2, -0.15) is 0 Å². The zero-order valence-electron chi connectivity index (χ0n) is 18.8. The average Bonchev–Trinajstić information content (AvgIpc) is 3.29. The predicted molar refractivity (Wildman–Crippen MR) is 117 cm³/mol. The summed E-state index contributed by atoms with van der Waals surface area (Å²) < 4.78 is 0. The van der Waals surface area contributed by atoms with Crippen molar-refractivity contribution in [1.29, 1.82) is 0 Å². The number of nitrogens with zero attached hydrogens (tertiary/aromatic N) is 1. The van der Waals surface area contributed by atoms with Crippen LogP contribution in [0.4, 0.5) is 0 Å². The van der Waals surface area contributed by atoms with Crippen LogP contribution >= 0.6 is 0 Å². The Balaban J connectivity index is 1.42. The SMILES string of the molecule is CC1(C)C2=CC[C@H]3[C@@H]4CC[C@H](O)[C@@]4(C)CC[C@@H]3[C@@]2(C)CC/C1=N\O[C@@H]1CCNC1. The largest absolute Gasteiger partial charge is 0.393 e. The number of aliphatic hydroxyl groups is 1. The number of rotatable bonds is 2. The lowest BCUT2D eigenvalue weighted by atomic mass is 9.45. The van der Waals surface area contributed by atoms with Gasteiger partial charge in [0.05, 0.1) is 11.8 Å². The maximum Gasteiger partial charge on any atom is 0.141 e. The van der Waals surface area contributed by atoms with Gasteiger partial charge in [0.2, 0.25) is 0 Å². The van der Waals surface area contributed by atoms with Gasteiger partial charge in [-0.15, -0.1) is 0 Å². The first-order valence-electron chi connectivity index (χ1n) is 12.1. The van der Waals surface area contributed by atoms with Gasteiger partial charge in [-0.1, -0.05) is 44.5 Å². The molecule has 0 aromatic heterocycles. The molecule has 0 unspecified atom stereocenters. The molecule has 1 heterocycles. The van der Waals surface area contributed by atoms with E-state index in [1.807, 2.05) is 0 Å². The van der Waals surface area contributed by atoms with Gasteiger partial charge in [-0.3, -0.25) is 0 Å². The molecule has 0 radical (unpaired) electrons. The summed E-state index contributed by atoms with van der Waals surface area (Å²) in [5.41, 5.74) is 3.27. The van der Waals surface area contributed by atoms with Gasteiger partial charge in [-0.25, -0.2) is 0 Å². The monoisotopic (exact) mass is 400 g/mol. The second-order valence-corrected chi connectivity index (χ2v) is 11.7. The molecule has 29 heavy (non-hydrogen) atoms. The summed E-state index contributed by atoms with van der Waals surface area (Å²) in [6, 6.07) is 0. The third-order valence-electron chi connectivity index (χ3n) is 10.0. The van der Waals surface area contributed by atoms with Crippen LogP contribution in [-0.4, -0.2) is 36.1 Å². The molecule has 1 saturated heterocycles. The standard InChI is InChI=1S/C25H40N2O2/c1-23(2)20-7-5-17-18-6-8-22(28)25(18,4)12-9-19(17)24(20,3)13-10-21(23)27-29-16-11-14-26-15-16/h7,16-19,22,26,28H,5-6,8-15H2,1-4H3/b27-21+/t16-,17+,18+,19+,22+,24-,25+/m1/s1. The Morgan fingerprint density at radius 1 is 1.07 bits per heavy atom. The van der Waals surface area contributed by atoms with Gasteiger partial charge in [0, 0.05) is 18.4 Å². The van der Waals surface area contributed by atoms with Crippen LogP contribution in [0, 0.1) is 34.0 Å². The van der Waals surface area contributed by atoms with Crippen LogP contribution < -0.4 is 5.32 Å². The molecule has 0 spiro atoms. The Morgan fingerprint density at radius 3 is 2.66 bits per heavy atom. The van der Waals surface area contributed by atoms with Gasteiger partial charge in [0.25, 0.3) is 0 Å². The first kappa shape index (κ1) is 20.1. The molecule has 5 rings (SSSR count). The van der Waals surface area contributed by atoms with E-state index in [2.05, 4.69) is 39.1 Å². The maximum atomic E-state index is 10.7. The van der Waals surface area contributed by atoms with E-state index < -0.39 is 0 Å². The fourth-order valence-electron chi connectivity index (χ4n) is 8.22. The molecule has 4 nitrogen and oxygen atoms in total. The fraction of sp³-hybridized carbons (Fsp3) is 0.880. The van der Waals surface area contributed by atoms with Crippen molar-refractivity contribution in [3.8, 4) is 0 Å². The van der Waals surface area contributed by atoms with Crippen molar-refractivity contribution in [2.75, 3.05) is 13.1 Å². The highest BCUT2D eigenvalue weighted by molar-refractivity contribution is 5.93. The topological polar surface area (TPSA) is 53.9 Å². The number of aliphatic hydroxyl groups excluding tert-OH is 1. The fourth-order valence-corrected chi connectivity index (χ4v) is 8.22. The van der Waals surface area contributed by atoms with Crippen LogP contribution in [0.1, 0.15) is 79.1 Å². The molecule has 0 amide bonds. The number of allylic oxidation sites excluding steroid dienone is 2. The highest BCUT2D eigenvalue weighted by Crippen LogP contribution is 2.66. The summed E-state index contributed by atoms with van der Waals surface area (Å²) in [4.78, 5) is 5.95. The zero-order valence-corrected chi connectivity index (χ0v) is 18.8. The summed E-state index contributed by atoms with van der Waals surface area (Å²) >= 11 is 0. The van der Waals surface area contributed by atoms with Crippen molar-refractivity contribution in [1.82, 2.24) is 5.32 Å². The Hall–Kier alpha value is -0.870. The third-order valence-corrected chi connectivity index (χ3v) is 10.0. The lowest BCUT2D eigenvalue weighted by Crippen LogP contribution is -2.54. The van der Waals surface area contributed by atoms with E-state index in [4.69, 9.17) is 9.99 Å². The Kier molecular flexibility index (Phi) is 4.71. The minimum absolute atomic E-state index is 0.0139. The Labute approximate surface area is 176 Å². The van der Waals surface area contributed by atoms with Crippen molar-refractivity contribution < 1.29 is 9.94 Å². The van der Waals surface area contributed by atoms with Crippen LogP contribution in [0.3, 0.4) is 0 Å². The number of nitrogens with one attached hydrogen (secondary N) is 1. The van der Waals surface area contributed by atoms with Crippen molar-refractivity contribution in [2.24, 2.45) is 39.2 Å². The first-order chi connectivity index (χ1) is 13.8. The molecule has 7 atom stereocenters. The van der Waals surface area contributed by atoms with Crippen LogP contribution in [0.15, 0.2) is 16.8 Å². The highest BCUT2D eigenvalue weighted by atomic mass is 16.6. The quantitative estimate of drug-likeness (QED) is 0.523. The van der Waals surface area contributed by atoms with E-state index in [0.29, 0.717) is 5.92 Å². The second-order valence-electron chi connectivity index (χ2n) is 11.7. The van der Waals surface area contributed by atoms with Crippen LogP contribution in [0.25, 0.3) is 0 Å². The van der Waals surface area contributed by atoms with Crippen molar-refractivity contribution in [2.45, 2.75) is 91.3 Å². The summed E-state index contributed by atoms with van der Waals surface area (Å²) in [7, 11) is 0.